The van der Waals surface area contributed by atoms with Gasteiger partial charge in [0.15, 0.2) is 5.76 Å². The SMILES string of the molecule is O=C(Nc1ccc2c(c1)COC2=O)c1ccc(C23CC4CC(CC(C4)C2)C3)o1. The summed E-state index contributed by atoms with van der Waals surface area (Å²) in [5.41, 5.74) is 2.17. The number of fused-ring (bicyclic) bond motifs is 1. The third kappa shape index (κ3) is 2.45. The van der Waals surface area contributed by atoms with Gasteiger partial charge in [0.1, 0.15) is 12.4 Å². The summed E-state index contributed by atoms with van der Waals surface area (Å²) in [6.07, 6.45) is 7.80. The van der Waals surface area contributed by atoms with Gasteiger partial charge in [-0.15, -0.1) is 0 Å². The highest BCUT2D eigenvalue weighted by atomic mass is 16.5. The van der Waals surface area contributed by atoms with E-state index < -0.39 is 0 Å². The number of benzene rings is 1. The average molecular weight is 377 g/mol. The van der Waals surface area contributed by atoms with Crippen LogP contribution in [0.25, 0.3) is 0 Å². The second kappa shape index (κ2) is 5.72. The number of ether oxygens (including phenoxy) is 1. The van der Waals surface area contributed by atoms with Crippen LogP contribution in [0.5, 0.6) is 0 Å². The van der Waals surface area contributed by atoms with Gasteiger partial charge in [-0.1, -0.05) is 0 Å². The van der Waals surface area contributed by atoms with Crippen molar-refractivity contribution in [3.63, 3.8) is 0 Å². The summed E-state index contributed by atoms with van der Waals surface area (Å²) in [5.74, 6) is 3.32. The molecule has 1 aliphatic heterocycles. The van der Waals surface area contributed by atoms with Crippen LogP contribution in [0.4, 0.5) is 5.69 Å². The van der Waals surface area contributed by atoms with Crippen LogP contribution in [0.3, 0.4) is 0 Å². The number of carbonyl (C=O) groups excluding carboxylic acids is 2. The molecule has 144 valence electrons. The van der Waals surface area contributed by atoms with Crippen LogP contribution < -0.4 is 5.32 Å². The zero-order valence-corrected chi connectivity index (χ0v) is 15.7. The van der Waals surface area contributed by atoms with Gasteiger partial charge in [-0.2, -0.15) is 0 Å². The van der Waals surface area contributed by atoms with Crippen LogP contribution in [0.2, 0.25) is 0 Å². The molecule has 5 aliphatic rings. The molecule has 0 saturated heterocycles. The van der Waals surface area contributed by atoms with Gasteiger partial charge in [0.25, 0.3) is 5.91 Å². The number of esters is 1. The van der Waals surface area contributed by atoms with E-state index in [4.69, 9.17) is 9.15 Å². The fourth-order valence-electron chi connectivity index (χ4n) is 6.56. The minimum atomic E-state index is -0.306. The van der Waals surface area contributed by atoms with Crippen molar-refractivity contribution in [2.24, 2.45) is 17.8 Å². The van der Waals surface area contributed by atoms with Crippen molar-refractivity contribution in [2.75, 3.05) is 5.32 Å². The Kier molecular flexibility index (Phi) is 3.35. The number of anilines is 1. The van der Waals surface area contributed by atoms with Crippen LogP contribution in [-0.4, -0.2) is 11.9 Å². The summed E-state index contributed by atoms with van der Waals surface area (Å²) < 4.78 is 11.1. The highest BCUT2D eigenvalue weighted by molar-refractivity contribution is 6.03. The van der Waals surface area contributed by atoms with Crippen LogP contribution in [0.15, 0.2) is 34.7 Å². The molecule has 0 atom stereocenters. The van der Waals surface area contributed by atoms with Crippen molar-refractivity contribution in [3.05, 3.63) is 53.0 Å². The number of nitrogens with one attached hydrogen (secondary N) is 1. The van der Waals surface area contributed by atoms with Gasteiger partial charge in [0.05, 0.1) is 5.56 Å². The number of furan rings is 1. The maximum absolute atomic E-state index is 12.7. The number of rotatable bonds is 3. The quantitative estimate of drug-likeness (QED) is 0.789. The summed E-state index contributed by atoms with van der Waals surface area (Å²) in [5, 5.41) is 2.89. The van der Waals surface area contributed by atoms with Crippen LogP contribution >= 0.6 is 0 Å². The number of hydrogen-bond donors (Lipinski definition) is 1. The molecule has 5 nitrogen and oxygen atoms in total. The summed E-state index contributed by atoms with van der Waals surface area (Å²) in [4.78, 5) is 24.3. The molecule has 1 aromatic carbocycles. The lowest BCUT2D eigenvalue weighted by atomic mass is 9.49. The maximum Gasteiger partial charge on any atom is 0.338 e. The number of amides is 1. The zero-order valence-electron chi connectivity index (χ0n) is 15.7. The molecule has 4 saturated carbocycles. The Morgan fingerprint density at radius 2 is 1.71 bits per heavy atom. The average Bonchev–Trinajstić information content (AvgIpc) is 3.29. The number of cyclic esters (lactones) is 1. The van der Waals surface area contributed by atoms with Crippen molar-refractivity contribution >= 4 is 17.6 Å². The Bertz CT molecular complexity index is 953. The largest absolute Gasteiger partial charge is 0.457 e. The molecule has 1 N–H and O–H groups in total. The lowest BCUT2D eigenvalue weighted by Gasteiger charge is -2.55. The van der Waals surface area contributed by atoms with E-state index in [-0.39, 0.29) is 23.9 Å². The van der Waals surface area contributed by atoms with E-state index in [9.17, 15) is 9.59 Å². The molecule has 0 radical (unpaired) electrons. The lowest BCUT2D eigenvalue weighted by Crippen LogP contribution is -2.48. The monoisotopic (exact) mass is 377 g/mol. The van der Waals surface area contributed by atoms with E-state index in [1.165, 1.54) is 38.5 Å². The fourth-order valence-corrected chi connectivity index (χ4v) is 6.56. The molecule has 28 heavy (non-hydrogen) atoms. The van der Waals surface area contributed by atoms with Gasteiger partial charge in [0, 0.05) is 16.7 Å². The van der Waals surface area contributed by atoms with Crippen molar-refractivity contribution in [1.29, 1.82) is 0 Å². The molecule has 5 heteroatoms. The third-order valence-corrected chi connectivity index (χ3v) is 7.33. The van der Waals surface area contributed by atoms with Gasteiger partial charge < -0.3 is 14.5 Å². The van der Waals surface area contributed by atoms with E-state index in [2.05, 4.69) is 5.32 Å². The van der Waals surface area contributed by atoms with E-state index >= 15 is 0 Å². The molecular weight excluding hydrogens is 354 g/mol. The van der Waals surface area contributed by atoms with E-state index in [1.807, 2.05) is 12.1 Å². The summed E-state index contributed by atoms with van der Waals surface area (Å²) in [6.45, 7) is 0.259. The predicted molar refractivity (Wildman–Crippen MR) is 102 cm³/mol. The Morgan fingerprint density at radius 3 is 2.43 bits per heavy atom. The van der Waals surface area contributed by atoms with Crippen molar-refractivity contribution in [1.82, 2.24) is 0 Å². The second-order valence-corrected chi connectivity index (χ2v) is 9.26. The topological polar surface area (TPSA) is 68.5 Å². The molecule has 1 amide bonds. The lowest BCUT2D eigenvalue weighted by molar-refractivity contribution is -0.0154. The summed E-state index contributed by atoms with van der Waals surface area (Å²) in [7, 11) is 0. The molecule has 7 rings (SSSR count). The molecule has 4 aliphatic carbocycles. The standard InChI is InChI=1S/C23H23NO4/c25-21(24-17-1-2-18-16(8-17)12-27-22(18)26)19-3-4-20(28-19)23-9-13-5-14(10-23)7-15(6-13)11-23/h1-4,8,13-15H,5-7,9-12H2,(H,24,25). The minimum absolute atomic E-state index is 0.151. The highest BCUT2D eigenvalue weighted by Crippen LogP contribution is 2.60. The van der Waals surface area contributed by atoms with Gasteiger partial charge in [-0.3, -0.25) is 4.79 Å². The van der Waals surface area contributed by atoms with E-state index in [0.29, 0.717) is 17.0 Å². The maximum atomic E-state index is 12.7. The van der Waals surface area contributed by atoms with Crippen LogP contribution in [-0.2, 0) is 16.8 Å². The van der Waals surface area contributed by atoms with Crippen LogP contribution in [0.1, 0.15) is 70.8 Å². The van der Waals surface area contributed by atoms with E-state index in [0.717, 1.165) is 29.1 Å². The number of hydrogen-bond acceptors (Lipinski definition) is 4. The molecule has 2 aromatic rings. The van der Waals surface area contributed by atoms with Crippen molar-refractivity contribution < 1.29 is 18.7 Å². The van der Waals surface area contributed by atoms with Crippen molar-refractivity contribution in [3.8, 4) is 0 Å². The Labute approximate surface area is 163 Å². The van der Waals surface area contributed by atoms with Gasteiger partial charge in [-0.05, 0) is 86.6 Å². The molecule has 4 bridgehead atoms. The third-order valence-electron chi connectivity index (χ3n) is 7.33. The Hall–Kier alpha value is -2.56. The molecule has 0 spiro atoms. The first-order valence-electron chi connectivity index (χ1n) is 10.3. The molecule has 4 fully saturated rings. The first-order valence-corrected chi connectivity index (χ1v) is 10.3. The Balaban J connectivity index is 1.22. The highest BCUT2D eigenvalue weighted by Gasteiger charge is 2.53. The van der Waals surface area contributed by atoms with Gasteiger partial charge in [0.2, 0.25) is 0 Å². The minimum Gasteiger partial charge on any atom is -0.457 e. The molecule has 0 unspecified atom stereocenters. The van der Waals surface area contributed by atoms with Gasteiger partial charge >= 0.3 is 5.97 Å². The predicted octanol–water partition coefficient (Wildman–Crippen LogP) is 4.67. The first kappa shape index (κ1) is 16.4. The summed E-state index contributed by atoms with van der Waals surface area (Å²) in [6, 6.07) is 9.05. The molecular formula is C23H23NO4. The fraction of sp³-hybridized carbons (Fsp3) is 0.478. The normalized spacial score (nSPS) is 32.3. The van der Waals surface area contributed by atoms with Gasteiger partial charge in [-0.25, -0.2) is 4.79 Å². The zero-order chi connectivity index (χ0) is 18.9. The number of carbonyl (C=O) groups is 2. The first-order chi connectivity index (χ1) is 13.6. The Morgan fingerprint density at radius 1 is 1.00 bits per heavy atom. The van der Waals surface area contributed by atoms with E-state index in [1.54, 1.807) is 18.2 Å². The smallest absolute Gasteiger partial charge is 0.338 e. The second-order valence-electron chi connectivity index (χ2n) is 9.26. The van der Waals surface area contributed by atoms with Crippen LogP contribution in [0, 0.1) is 17.8 Å². The van der Waals surface area contributed by atoms with Crippen molar-refractivity contribution in [2.45, 2.75) is 50.5 Å². The molecule has 2 heterocycles. The molecule has 1 aromatic heterocycles. The summed E-state index contributed by atoms with van der Waals surface area (Å²) >= 11 is 0.